The molecule has 1 atom stereocenters. The van der Waals surface area contributed by atoms with Crippen molar-refractivity contribution in [3.05, 3.63) is 42.2 Å². The first-order valence-electron chi connectivity index (χ1n) is 6.23. The van der Waals surface area contributed by atoms with E-state index in [1.165, 1.54) is 24.0 Å². The fourth-order valence-electron chi connectivity index (χ4n) is 2.05. The molecule has 18 heavy (non-hydrogen) atoms. The van der Waals surface area contributed by atoms with Gasteiger partial charge in [-0.2, -0.15) is 0 Å². The summed E-state index contributed by atoms with van der Waals surface area (Å²) in [4.78, 5) is 4.27. The lowest BCUT2D eigenvalue weighted by molar-refractivity contribution is 0.639. The molecule has 2 aromatic heterocycles. The summed E-state index contributed by atoms with van der Waals surface area (Å²) in [5, 5.41) is 3.60. The van der Waals surface area contributed by atoms with Gasteiger partial charge in [0.15, 0.2) is 0 Å². The molecule has 0 aliphatic rings. The van der Waals surface area contributed by atoms with Gasteiger partial charge < -0.3 is 5.32 Å². The van der Waals surface area contributed by atoms with Crippen molar-refractivity contribution in [3.63, 3.8) is 0 Å². The van der Waals surface area contributed by atoms with Gasteiger partial charge in [0.25, 0.3) is 0 Å². The van der Waals surface area contributed by atoms with Crippen LogP contribution in [0.1, 0.15) is 40.1 Å². The second-order valence-corrected chi connectivity index (χ2v) is 8.05. The second kappa shape index (κ2) is 6.33. The lowest BCUT2D eigenvalue weighted by Gasteiger charge is -2.16. The van der Waals surface area contributed by atoms with Crippen LogP contribution in [0.25, 0.3) is 0 Å². The van der Waals surface area contributed by atoms with Crippen molar-refractivity contribution < 1.29 is 0 Å². The third-order valence-electron chi connectivity index (χ3n) is 2.96. The van der Waals surface area contributed by atoms with Crippen molar-refractivity contribution in [2.45, 2.75) is 33.2 Å². The summed E-state index contributed by atoms with van der Waals surface area (Å²) in [6.45, 7) is 7.56. The van der Waals surface area contributed by atoms with E-state index in [1.54, 1.807) is 0 Å². The highest BCUT2D eigenvalue weighted by molar-refractivity contribution is 9.11. The minimum absolute atomic E-state index is 0.336. The summed E-state index contributed by atoms with van der Waals surface area (Å²) in [5.41, 5.74) is 1.40. The van der Waals surface area contributed by atoms with E-state index in [0.29, 0.717) is 6.04 Å². The summed E-state index contributed by atoms with van der Waals surface area (Å²) in [5.74, 6) is 0. The van der Waals surface area contributed by atoms with Crippen LogP contribution in [-0.4, -0.2) is 6.54 Å². The van der Waals surface area contributed by atoms with Crippen molar-refractivity contribution in [2.24, 2.45) is 0 Å². The summed E-state index contributed by atoms with van der Waals surface area (Å²) < 4.78 is 1.21. The molecule has 2 rings (SSSR count). The fourth-order valence-corrected chi connectivity index (χ4v) is 4.85. The number of thiophene rings is 2. The summed E-state index contributed by atoms with van der Waals surface area (Å²) in [7, 11) is 0. The average molecular weight is 344 g/mol. The van der Waals surface area contributed by atoms with Crippen LogP contribution in [0.5, 0.6) is 0 Å². The molecule has 0 aliphatic carbocycles. The van der Waals surface area contributed by atoms with Crippen LogP contribution in [-0.2, 0) is 6.42 Å². The monoisotopic (exact) mass is 343 g/mol. The Morgan fingerprint density at radius 3 is 2.56 bits per heavy atom. The van der Waals surface area contributed by atoms with Crippen molar-refractivity contribution >= 4 is 38.6 Å². The number of hydrogen-bond acceptors (Lipinski definition) is 3. The Morgan fingerprint density at radius 1 is 1.28 bits per heavy atom. The normalized spacial score (nSPS) is 12.9. The summed E-state index contributed by atoms with van der Waals surface area (Å²) in [6.07, 6.45) is 1.12. The Morgan fingerprint density at radius 2 is 2.06 bits per heavy atom. The van der Waals surface area contributed by atoms with Gasteiger partial charge in [0.1, 0.15) is 0 Å². The van der Waals surface area contributed by atoms with Crippen molar-refractivity contribution in [1.29, 1.82) is 0 Å². The molecule has 0 fully saturated rings. The Kier molecular flexibility index (Phi) is 5.01. The molecule has 1 nitrogen and oxygen atoms in total. The lowest BCUT2D eigenvalue weighted by atomic mass is 10.1. The van der Waals surface area contributed by atoms with Gasteiger partial charge in [0.05, 0.1) is 9.83 Å². The molecule has 0 saturated heterocycles. The highest BCUT2D eigenvalue weighted by Crippen LogP contribution is 2.36. The van der Waals surface area contributed by atoms with Crippen molar-refractivity contribution in [3.8, 4) is 0 Å². The van der Waals surface area contributed by atoms with E-state index in [2.05, 4.69) is 60.2 Å². The van der Waals surface area contributed by atoms with Crippen LogP contribution in [0.4, 0.5) is 0 Å². The molecule has 1 N–H and O–H groups in total. The maximum atomic E-state index is 3.60. The minimum Gasteiger partial charge on any atom is -0.306 e. The van der Waals surface area contributed by atoms with Crippen molar-refractivity contribution in [2.75, 3.05) is 6.54 Å². The van der Waals surface area contributed by atoms with Gasteiger partial charge in [-0.15, -0.1) is 22.7 Å². The van der Waals surface area contributed by atoms with Crippen LogP contribution in [0.2, 0.25) is 0 Å². The third-order valence-corrected chi connectivity index (χ3v) is 5.82. The smallest absolute Gasteiger partial charge is 0.0704 e. The van der Waals surface area contributed by atoms with E-state index < -0.39 is 0 Å². The quantitative estimate of drug-likeness (QED) is 0.792. The molecule has 0 amide bonds. The van der Waals surface area contributed by atoms with Crippen LogP contribution in [0.15, 0.2) is 22.0 Å². The number of rotatable bonds is 5. The molecule has 2 aromatic rings. The molecule has 0 spiro atoms. The van der Waals surface area contributed by atoms with Crippen LogP contribution in [0.3, 0.4) is 0 Å². The Hall–Kier alpha value is -0.160. The number of hydrogen-bond donors (Lipinski definition) is 1. The first kappa shape index (κ1) is 14.3. The van der Waals surface area contributed by atoms with E-state index in [-0.39, 0.29) is 0 Å². The zero-order chi connectivity index (χ0) is 13.1. The topological polar surface area (TPSA) is 12.0 Å². The number of aryl methyl sites for hydroxylation is 2. The van der Waals surface area contributed by atoms with Gasteiger partial charge in [-0.1, -0.05) is 13.8 Å². The first-order valence-corrected chi connectivity index (χ1v) is 8.66. The fraction of sp³-hybridized carbons (Fsp3) is 0.429. The highest BCUT2D eigenvalue weighted by atomic mass is 79.9. The van der Waals surface area contributed by atoms with Crippen LogP contribution < -0.4 is 5.32 Å². The van der Waals surface area contributed by atoms with Gasteiger partial charge in [0.2, 0.25) is 0 Å². The first-order chi connectivity index (χ1) is 8.65. The molecule has 0 aliphatic heterocycles. The van der Waals surface area contributed by atoms with Gasteiger partial charge in [-0.25, -0.2) is 0 Å². The molecule has 4 heteroatoms. The highest BCUT2D eigenvalue weighted by Gasteiger charge is 2.19. The van der Waals surface area contributed by atoms with E-state index >= 15 is 0 Å². The lowest BCUT2D eigenvalue weighted by Crippen LogP contribution is -2.21. The van der Waals surface area contributed by atoms with Crippen LogP contribution >= 0.6 is 38.6 Å². The number of nitrogens with one attached hydrogen (secondary N) is 1. The molecule has 0 bridgehead atoms. The van der Waals surface area contributed by atoms with Gasteiger partial charge in [-0.3, -0.25) is 0 Å². The van der Waals surface area contributed by atoms with Gasteiger partial charge in [-0.05, 0) is 59.6 Å². The Balaban J connectivity index is 2.36. The van der Waals surface area contributed by atoms with Gasteiger partial charge >= 0.3 is 0 Å². The van der Waals surface area contributed by atoms with E-state index in [0.717, 1.165) is 13.0 Å². The zero-order valence-electron chi connectivity index (χ0n) is 10.9. The Labute approximate surface area is 125 Å². The van der Waals surface area contributed by atoms with Crippen molar-refractivity contribution in [1.82, 2.24) is 5.32 Å². The SMILES string of the molecule is CCNC(c1ccc(CC)s1)c1cc(Br)sc1C. The molecule has 98 valence electrons. The standard InChI is InChI=1S/C14H18BrNS2/c1-4-10-6-7-12(18-10)14(16-5-2)11-8-13(15)17-9(11)3/h6-8,14,16H,4-5H2,1-3H3. The zero-order valence-corrected chi connectivity index (χ0v) is 14.1. The average Bonchev–Trinajstić information content (AvgIpc) is 2.93. The second-order valence-electron chi connectivity index (χ2n) is 4.21. The molecular weight excluding hydrogens is 326 g/mol. The maximum absolute atomic E-state index is 3.60. The Bertz CT molecular complexity index is 516. The molecule has 2 heterocycles. The largest absolute Gasteiger partial charge is 0.306 e. The van der Waals surface area contributed by atoms with Crippen LogP contribution in [0, 0.1) is 6.92 Å². The van der Waals surface area contributed by atoms with E-state index in [9.17, 15) is 0 Å². The molecule has 0 aromatic carbocycles. The predicted molar refractivity (Wildman–Crippen MR) is 86.0 cm³/mol. The molecule has 0 radical (unpaired) electrons. The summed E-state index contributed by atoms with van der Waals surface area (Å²) in [6, 6.07) is 7.10. The predicted octanol–water partition coefficient (Wildman–Crippen LogP) is 5.14. The number of halogens is 1. The van der Waals surface area contributed by atoms with Gasteiger partial charge in [0, 0.05) is 14.6 Å². The maximum Gasteiger partial charge on any atom is 0.0704 e. The third kappa shape index (κ3) is 3.05. The molecule has 0 saturated carbocycles. The summed E-state index contributed by atoms with van der Waals surface area (Å²) >= 11 is 7.32. The molecular formula is C14H18BrNS2. The van der Waals surface area contributed by atoms with E-state index in [1.807, 2.05) is 22.7 Å². The van der Waals surface area contributed by atoms with E-state index in [4.69, 9.17) is 0 Å². The molecule has 1 unspecified atom stereocenters. The minimum atomic E-state index is 0.336.